The van der Waals surface area contributed by atoms with Gasteiger partial charge in [-0.05, 0) is 17.5 Å². The van der Waals surface area contributed by atoms with Crippen LogP contribution in [0.3, 0.4) is 0 Å². The summed E-state index contributed by atoms with van der Waals surface area (Å²) in [6.45, 7) is 2.01. The van der Waals surface area contributed by atoms with Crippen molar-refractivity contribution >= 4 is 0 Å². The summed E-state index contributed by atoms with van der Waals surface area (Å²) >= 11 is 0. The molecule has 1 fully saturated rings. The van der Waals surface area contributed by atoms with Crippen molar-refractivity contribution in [1.82, 2.24) is 10.9 Å². The predicted molar refractivity (Wildman–Crippen MR) is 54.6 cm³/mol. The minimum absolute atomic E-state index is 0.0828. The number of hydrogen-bond acceptors (Lipinski definition) is 2. The van der Waals surface area contributed by atoms with Gasteiger partial charge in [0.25, 0.3) is 0 Å². The van der Waals surface area contributed by atoms with E-state index >= 15 is 0 Å². The third-order valence-electron chi connectivity index (χ3n) is 2.81. The Bertz CT molecular complexity index is 366. The summed E-state index contributed by atoms with van der Waals surface area (Å²) in [5.41, 5.74) is 4.26. The second-order valence-corrected chi connectivity index (χ2v) is 4.00. The Balaban J connectivity index is 2.10. The quantitative estimate of drug-likeness (QED) is 0.781. The Morgan fingerprint density at radius 3 is 1.94 bits per heavy atom. The molecule has 1 saturated heterocycles. The molecule has 1 aromatic carbocycles. The third-order valence-corrected chi connectivity index (χ3v) is 2.81. The Morgan fingerprint density at radius 1 is 1.06 bits per heavy atom. The van der Waals surface area contributed by atoms with Crippen LogP contribution in [0.5, 0.6) is 0 Å². The summed E-state index contributed by atoms with van der Waals surface area (Å²) < 4.78 is 37.8. The molecule has 0 amide bonds. The van der Waals surface area contributed by atoms with Crippen LogP contribution in [0.25, 0.3) is 0 Å². The molecule has 1 aliphatic heterocycles. The highest BCUT2D eigenvalue weighted by molar-refractivity contribution is 5.25. The van der Waals surface area contributed by atoms with Gasteiger partial charge in [-0.25, -0.2) is 10.9 Å². The molecule has 0 saturated carbocycles. The lowest BCUT2D eigenvalue weighted by molar-refractivity contribution is -0.162. The fourth-order valence-electron chi connectivity index (χ4n) is 1.60. The van der Waals surface area contributed by atoms with Crippen LogP contribution in [0.2, 0.25) is 0 Å². The molecule has 16 heavy (non-hydrogen) atoms. The first-order valence-electron chi connectivity index (χ1n) is 5.16. The van der Waals surface area contributed by atoms with Crippen molar-refractivity contribution in [2.45, 2.75) is 31.6 Å². The number of halogens is 3. The Hall–Kier alpha value is -1.07. The van der Waals surface area contributed by atoms with Gasteiger partial charge in [-0.2, -0.15) is 13.2 Å². The normalized spacial score (nSPS) is 18.5. The summed E-state index contributed by atoms with van der Waals surface area (Å²) in [7, 11) is 0. The Morgan fingerprint density at radius 2 is 1.56 bits per heavy atom. The number of nitrogens with one attached hydrogen (secondary N) is 2. The van der Waals surface area contributed by atoms with Crippen LogP contribution >= 0.6 is 0 Å². The number of aryl methyl sites for hydroxylation is 1. The van der Waals surface area contributed by atoms with Gasteiger partial charge in [-0.15, -0.1) is 0 Å². The molecule has 2 nitrogen and oxygen atoms in total. The molecule has 0 unspecified atom stereocenters. The molecular weight excluding hydrogens is 217 g/mol. The van der Waals surface area contributed by atoms with E-state index in [1.165, 1.54) is 0 Å². The fraction of sp³-hybridized carbons (Fsp3) is 0.455. The molecule has 88 valence electrons. The zero-order valence-electron chi connectivity index (χ0n) is 8.86. The molecule has 0 atom stereocenters. The van der Waals surface area contributed by atoms with Crippen molar-refractivity contribution in [3.8, 4) is 0 Å². The summed E-state index contributed by atoms with van der Waals surface area (Å²) in [5.74, 6) is 0. The van der Waals surface area contributed by atoms with Crippen LogP contribution in [0.4, 0.5) is 13.2 Å². The van der Waals surface area contributed by atoms with Gasteiger partial charge in [0.2, 0.25) is 0 Å². The lowest BCUT2D eigenvalue weighted by Crippen LogP contribution is -2.39. The Kier molecular flexibility index (Phi) is 2.67. The van der Waals surface area contributed by atoms with Crippen LogP contribution in [0.1, 0.15) is 18.1 Å². The van der Waals surface area contributed by atoms with Crippen LogP contribution in [-0.2, 0) is 12.8 Å². The van der Waals surface area contributed by atoms with Gasteiger partial charge < -0.3 is 0 Å². The zero-order valence-corrected chi connectivity index (χ0v) is 8.86. The van der Waals surface area contributed by atoms with Crippen molar-refractivity contribution in [2.75, 3.05) is 0 Å². The van der Waals surface area contributed by atoms with Crippen molar-refractivity contribution in [3.05, 3.63) is 35.4 Å². The Labute approximate surface area is 91.8 Å². The van der Waals surface area contributed by atoms with Crippen molar-refractivity contribution in [1.29, 1.82) is 0 Å². The number of rotatable bonds is 3. The highest BCUT2D eigenvalue weighted by atomic mass is 19.4. The molecular formula is C11H13F3N2. The molecule has 2 N–H and O–H groups in total. The molecule has 0 aliphatic carbocycles. The van der Waals surface area contributed by atoms with E-state index in [9.17, 15) is 13.2 Å². The van der Waals surface area contributed by atoms with Gasteiger partial charge >= 0.3 is 6.18 Å². The smallest absolute Gasteiger partial charge is 0.226 e. The first-order chi connectivity index (χ1) is 7.47. The van der Waals surface area contributed by atoms with E-state index in [-0.39, 0.29) is 6.42 Å². The van der Waals surface area contributed by atoms with E-state index in [4.69, 9.17) is 0 Å². The lowest BCUT2D eigenvalue weighted by Gasteiger charge is -2.15. The van der Waals surface area contributed by atoms with Crippen LogP contribution < -0.4 is 10.9 Å². The maximum atomic E-state index is 12.6. The fourth-order valence-corrected chi connectivity index (χ4v) is 1.60. The summed E-state index contributed by atoms with van der Waals surface area (Å²) in [6.07, 6.45) is -3.46. The standard InChI is InChI=1S/C11H13F3N2/c1-2-8-3-5-9(6-4-8)7-10(15-16-10)11(12,13)14/h3-6,15-16H,2,7H2,1H3. The molecule has 5 heteroatoms. The maximum Gasteiger partial charge on any atom is 0.422 e. The van der Waals surface area contributed by atoms with E-state index in [0.717, 1.165) is 12.0 Å². The summed E-state index contributed by atoms with van der Waals surface area (Å²) in [4.78, 5) is 0. The van der Waals surface area contributed by atoms with Gasteiger partial charge in [0.05, 0.1) is 0 Å². The molecule has 1 aromatic rings. The SMILES string of the molecule is CCc1ccc(CC2(C(F)(F)F)NN2)cc1. The van der Waals surface area contributed by atoms with Crippen molar-refractivity contribution in [3.63, 3.8) is 0 Å². The minimum atomic E-state index is -4.27. The minimum Gasteiger partial charge on any atom is -0.226 e. The number of hydrazine groups is 1. The summed E-state index contributed by atoms with van der Waals surface area (Å²) in [5, 5.41) is 0. The van der Waals surface area contributed by atoms with Gasteiger partial charge in [0.15, 0.2) is 5.66 Å². The van der Waals surface area contributed by atoms with E-state index in [2.05, 4.69) is 10.9 Å². The van der Waals surface area contributed by atoms with Crippen LogP contribution in [0.15, 0.2) is 24.3 Å². The van der Waals surface area contributed by atoms with Crippen molar-refractivity contribution in [2.24, 2.45) is 0 Å². The second kappa shape index (κ2) is 3.75. The number of benzene rings is 1. The van der Waals surface area contributed by atoms with Crippen LogP contribution in [0, 0.1) is 0 Å². The highest BCUT2D eigenvalue weighted by Gasteiger charge is 2.63. The lowest BCUT2D eigenvalue weighted by atomic mass is 10.0. The average molecular weight is 230 g/mol. The van der Waals surface area contributed by atoms with E-state index < -0.39 is 11.8 Å². The van der Waals surface area contributed by atoms with Gasteiger partial charge in [0.1, 0.15) is 0 Å². The van der Waals surface area contributed by atoms with E-state index in [1.54, 1.807) is 12.1 Å². The van der Waals surface area contributed by atoms with E-state index in [1.807, 2.05) is 19.1 Å². The third kappa shape index (κ3) is 2.05. The van der Waals surface area contributed by atoms with Gasteiger partial charge in [-0.3, -0.25) is 0 Å². The van der Waals surface area contributed by atoms with E-state index in [0.29, 0.717) is 5.56 Å². The zero-order chi connectivity index (χ0) is 11.8. The molecule has 0 radical (unpaired) electrons. The molecule has 1 aliphatic rings. The molecule has 2 rings (SSSR count). The van der Waals surface area contributed by atoms with Crippen molar-refractivity contribution < 1.29 is 13.2 Å². The molecule has 0 aromatic heterocycles. The molecule has 0 bridgehead atoms. The molecule has 0 spiro atoms. The monoisotopic (exact) mass is 230 g/mol. The van der Waals surface area contributed by atoms with Gasteiger partial charge in [0, 0.05) is 6.42 Å². The second-order valence-electron chi connectivity index (χ2n) is 4.00. The average Bonchev–Trinajstić information content (AvgIpc) is 2.99. The van der Waals surface area contributed by atoms with Gasteiger partial charge in [-0.1, -0.05) is 31.2 Å². The first kappa shape index (κ1) is 11.4. The largest absolute Gasteiger partial charge is 0.422 e. The predicted octanol–water partition coefficient (Wildman–Crippen LogP) is 2.16. The first-order valence-corrected chi connectivity index (χ1v) is 5.16. The number of hydrogen-bond donors (Lipinski definition) is 2. The molecule has 1 heterocycles. The topological polar surface area (TPSA) is 43.9 Å². The highest BCUT2D eigenvalue weighted by Crippen LogP contribution is 2.36. The summed E-state index contributed by atoms with van der Waals surface area (Å²) in [6, 6.07) is 7.21. The number of alkyl halides is 3. The van der Waals surface area contributed by atoms with Crippen LogP contribution in [-0.4, -0.2) is 11.8 Å². The maximum absolute atomic E-state index is 12.6.